The van der Waals surface area contributed by atoms with E-state index >= 15 is 0 Å². The molecule has 0 spiro atoms. The number of hydrogen-bond acceptors (Lipinski definition) is 0. The third-order valence-corrected chi connectivity index (χ3v) is 7.39. The van der Waals surface area contributed by atoms with Gasteiger partial charge >= 0.3 is 0 Å². The van der Waals surface area contributed by atoms with Crippen molar-refractivity contribution in [1.29, 1.82) is 0 Å². The highest BCUT2D eigenvalue weighted by atomic mass is 19.1. The summed E-state index contributed by atoms with van der Waals surface area (Å²) in [6, 6.07) is 14.4. The van der Waals surface area contributed by atoms with Gasteiger partial charge in [-0.2, -0.15) is 0 Å². The predicted molar refractivity (Wildman–Crippen MR) is 112 cm³/mol. The normalized spacial score (nSPS) is 28.9. The van der Waals surface area contributed by atoms with E-state index in [0.29, 0.717) is 11.5 Å². The van der Waals surface area contributed by atoms with Crippen LogP contribution in [0.3, 0.4) is 0 Å². The van der Waals surface area contributed by atoms with Gasteiger partial charge in [0.2, 0.25) is 0 Å². The molecule has 0 bridgehead atoms. The molecule has 0 radical (unpaired) electrons. The van der Waals surface area contributed by atoms with Crippen LogP contribution in [0.25, 0.3) is 11.1 Å². The van der Waals surface area contributed by atoms with E-state index in [1.54, 1.807) is 6.07 Å². The molecule has 2 aromatic carbocycles. The summed E-state index contributed by atoms with van der Waals surface area (Å²) in [5, 5.41) is 0. The minimum Gasteiger partial charge on any atom is -0.207 e. The Kier molecular flexibility index (Phi) is 5.66. The SMILES string of the molecule is Cc1ccc(-c2ccc(C3CCC(C4CCC(C)CC4)CC3)cc2)cc1F. The Bertz CT molecular complexity index is 744. The third-order valence-electron chi connectivity index (χ3n) is 7.39. The molecule has 0 nitrogen and oxygen atoms in total. The van der Waals surface area contributed by atoms with Crippen LogP contribution in [0, 0.1) is 30.5 Å². The molecule has 0 aromatic heterocycles. The summed E-state index contributed by atoms with van der Waals surface area (Å²) in [5.74, 6) is 3.53. The van der Waals surface area contributed by atoms with Gasteiger partial charge in [-0.05, 0) is 97.4 Å². The largest absolute Gasteiger partial charge is 0.207 e. The smallest absolute Gasteiger partial charge is 0.126 e. The number of benzene rings is 2. The van der Waals surface area contributed by atoms with Gasteiger partial charge in [-0.15, -0.1) is 0 Å². The second-order valence-corrected chi connectivity index (χ2v) is 9.22. The van der Waals surface area contributed by atoms with E-state index in [4.69, 9.17) is 0 Å². The maximum absolute atomic E-state index is 13.8. The van der Waals surface area contributed by atoms with E-state index < -0.39 is 0 Å². The predicted octanol–water partition coefficient (Wildman–Crippen LogP) is 7.90. The van der Waals surface area contributed by atoms with E-state index in [9.17, 15) is 4.39 Å². The molecule has 2 aliphatic carbocycles. The average Bonchev–Trinajstić information content (AvgIpc) is 2.71. The minimum atomic E-state index is -0.119. The van der Waals surface area contributed by atoms with Crippen molar-refractivity contribution >= 4 is 0 Å². The van der Waals surface area contributed by atoms with E-state index in [2.05, 4.69) is 31.2 Å². The summed E-state index contributed by atoms with van der Waals surface area (Å²) in [7, 11) is 0. The van der Waals surface area contributed by atoms with Crippen LogP contribution in [0.2, 0.25) is 0 Å². The quantitative estimate of drug-likeness (QED) is 0.519. The summed E-state index contributed by atoms with van der Waals surface area (Å²) >= 11 is 0. The Morgan fingerprint density at radius 1 is 0.704 bits per heavy atom. The second kappa shape index (κ2) is 8.17. The Balaban J connectivity index is 1.36. The van der Waals surface area contributed by atoms with Crippen molar-refractivity contribution in [1.82, 2.24) is 0 Å². The van der Waals surface area contributed by atoms with Crippen molar-refractivity contribution in [3.8, 4) is 11.1 Å². The van der Waals surface area contributed by atoms with Gasteiger partial charge in [-0.3, -0.25) is 0 Å². The van der Waals surface area contributed by atoms with Crippen LogP contribution in [-0.2, 0) is 0 Å². The first kappa shape index (κ1) is 18.7. The van der Waals surface area contributed by atoms with E-state index in [-0.39, 0.29) is 5.82 Å². The van der Waals surface area contributed by atoms with Crippen LogP contribution in [0.5, 0.6) is 0 Å². The van der Waals surface area contributed by atoms with Crippen LogP contribution < -0.4 is 0 Å². The van der Waals surface area contributed by atoms with Crippen molar-refractivity contribution in [3.63, 3.8) is 0 Å². The fraction of sp³-hybridized carbons (Fsp3) is 0.538. The molecule has 0 atom stereocenters. The van der Waals surface area contributed by atoms with Gasteiger partial charge < -0.3 is 0 Å². The molecule has 2 saturated carbocycles. The summed E-state index contributed by atoms with van der Waals surface area (Å²) in [6.45, 7) is 4.23. The maximum Gasteiger partial charge on any atom is 0.126 e. The molecule has 0 aliphatic heterocycles. The highest BCUT2D eigenvalue weighted by Crippen LogP contribution is 2.44. The standard InChI is InChI=1S/C26H33F/c1-18-3-6-20(7-4-18)21-9-11-22(12-10-21)23-13-15-24(16-14-23)25-8-5-19(2)26(27)17-25/h5,8,13-18,20-22H,3-4,6-7,9-12H2,1-2H3. The average molecular weight is 365 g/mol. The second-order valence-electron chi connectivity index (χ2n) is 9.22. The third kappa shape index (κ3) is 4.28. The molecule has 2 aliphatic rings. The molecule has 0 saturated heterocycles. The van der Waals surface area contributed by atoms with Gasteiger partial charge in [0.25, 0.3) is 0 Å². The molecular weight excluding hydrogens is 331 g/mol. The molecular formula is C26H33F. The topological polar surface area (TPSA) is 0 Å². The molecule has 144 valence electrons. The van der Waals surface area contributed by atoms with E-state index in [1.165, 1.54) is 56.9 Å². The van der Waals surface area contributed by atoms with E-state index in [0.717, 1.165) is 28.9 Å². The van der Waals surface area contributed by atoms with Gasteiger partial charge in [-0.1, -0.05) is 56.2 Å². The first-order valence-electron chi connectivity index (χ1n) is 11.0. The highest BCUT2D eigenvalue weighted by molar-refractivity contribution is 5.64. The van der Waals surface area contributed by atoms with Crippen LogP contribution >= 0.6 is 0 Å². The minimum absolute atomic E-state index is 0.119. The molecule has 2 aromatic rings. The van der Waals surface area contributed by atoms with Crippen LogP contribution in [0.4, 0.5) is 4.39 Å². The van der Waals surface area contributed by atoms with Crippen molar-refractivity contribution in [2.75, 3.05) is 0 Å². The molecule has 0 unspecified atom stereocenters. The summed E-state index contributed by atoms with van der Waals surface area (Å²) < 4.78 is 13.8. The Hall–Kier alpha value is -1.63. The monoisotopic (exact) mass is 364 g/mol. The maximum atomic E-state index is 13.8. The molecule has 1 heteroatoms. The van der Waals surface area contributed by atoms with Crippen molar-refractivity contribution in [3.05, 3.63) is 59.4 Å². The highest BCUT2D eigenvalue weighted by Gasteiger charge is 2.30. The first-order valence-corrected chi connectivity index (χ1v) is 11.0. The number of halogens is 1. The van der Waals surface area contributed by atoms with Gasteiger partial charge in [-0.25, -0.2) is 4.39 Å². The van der Waals surface area contributed by atoms with Gasteiger partial charge in [0.15, 0.2) is 0 Å². The van der Waals surface area contributed by atoms with Crippen molar-refractivity contribution in [2.45, 2.75) is 71.1 Å². The molecule has 0 heterocycles. The summed E-state index contributed by atoms with van der Waals surface area (Å²) in [5.41, 5.74) is 4.27. The molecule has 2 fully saturated rings. The zero-order chi connectivity index (χ0) is 18.8. The molecule has 0 amide bonds. The molecule has 27 heavy (non-hydrogen) atoms. The Morgan fingerprint density at radius 2 is 1.26 bits per heavy atom. The lowest BCUT2D eigenvalue weighted by Crippen LogP contribution is -2.24. The number of hydrogen-bond donors (Lipinski definition) is 0. The molecule has 4 rings (SSSR count). The Labute approximate surface area is 164 Å². The zero-order valence-corrected chi connectivity index (χ0v) is 16.9. The van der Waals surface area contributed by atoms with E-state index in [1.807, 2.05) is 19.1 Å². The van der Waals surface area contributed by atoms with Crippen LogP contribution in [0.1, 0.15) is 75.3 Å². The lowest BCUT2D eigenvalue weighted by molar-refractivity contribution is 0.165. The van der Waals surface area contributed by atoms with Crippen molar-refractivity contribution in [2.24, 2.45) is 17.8 Å². The van der Waals surface area contributed by atoms with Crippen LogP contribution in [-0.4, -0.2) is 0 Å². The fourth-order valence-corrected chi connectivity index (χ4v) is 5.40. The zero-order valence-electron chi connectivity index (χ0n) is 16.9. The number of rotatable bonds is 3. The fourth-order valence-electron chi connectivity index (χ4n) is 5.40. The van der Waals surface area contributed by atoms with Gasteiger partial charge in [0.05, 0.1) is 0 Å². The number of aryl methyl sites for hydroxylation is 1. The van der Waals surface area contributed by atoms with Gasteiger partial charge in [0, 0.05) is 0 Å². The van der Waals surface area contributed by atoms with Crippen molar-refractivity contribution < 1.29 is 4.39 Å². The lowest BCUT2D eigenvalue weighted by Gasteiger charge is -2.37. The Morgan fingerprint density at radius 3 is 1.85 bits per heavy atom. The summed E-state index contributed by atoms with van der Waals surface area (Å²) in [6.07, 6.45) is 11.3. The lowest BCUT2D eigenvalue weighted by atomic mass is 9.68. The van der Waals surface area contributed by atoms with Gasteiger partial charge in [0.1, 0.15) is 5.82 Å². The van der Waals surface area contributed by atoms with Crippen LogP contribution in [0.15, 0.2) is 42.5 Å². The molecule has 0 N–H and O–H groups in total. The first-order chi connectivity index (χ1) is 13.1. The summed E-state index contributed by atoms with van der Waals surface area (Å²) in [4.78, 5) is 0.